The minimum atomic E-state index is 0.689. The van der Waals surface area contributed by atoms with E-state index in [2.05, 4.69) is 0 Å². The summed E-state index contributed by atoms with van der Waals surface area (Å²) in [7, 11) is 1.62. The fourth-order valence-corrected chi connectivity index (χ4v) is 1.36. The van der Waals surface area contributed by atoms with Crippen LogP contribution < -0.4 is 10.5 Å². The predicted octanol–water partition coefficient (Wildman–Crippen LogP) is 2.54. The first-order chi connectivity index (χ1) is 6.81. The maximum atomic E-state index is 5.65. The van der Waals surface area contributed by atoms with Crippen LogP contribution >= 0.6 is 0 Å². The smallest absolute Gasteiger partial charge is 0.128 e. The minimum Gasteiger partial charge on any atom is -0.496 e. The van der Waals surface area contributed by atoms with Crippen molar-refractivity contribution >= 4 is 5.69 Å². The summed E-state index contributed by atoms with van der Waals surface area (Å²) in [5.74, 6) is 0.756. The highest BCUT2D eigenvalue weighted by atomic mass is 16.5. The number of ether oxygens (including phenoxy) is 1. The molecule has 2 N–H and O–H groups in total. The molecule has 0 bridgehead atoms. The molecule has 0 amide bonds. The van der Waals surface area contributed by atoms with Crippen molar-refractivity contribution in [3.8, 4) is 16.9 Å². The summed E-state index contributed by atoms with van der Waals surface area (Å²) < 4.78 is 10.2. The highest BCUT2D eigenvalue weighted by Crippen LogP contribution is 2.31. The van der Waals surface area contributed by atoms with Gasteiger partial charge in [0.05, 0.1) is 19.6 Å². The lowest BCUT2D eigenvalue weighted by Gasteiger charge is -2.06. The number of nitrogens with two attached hydrogens (primary N) is 1. The number of methoxy groups -OCH3 is 1. The molecule has 0 aliphatic heterocycles. The Morgan fingerprint density at radius 2 is 2.14 bits per heavy atom. The lowest BCUT2D eigenvalue weighted by atomic mass is 10.1. The number of nitrogen functional groups attached to an aromatic ring is 1. The third-order valence-electron chi connectivity index (χ3n) is 2.06. The minimum absolute atomic E-state index is 0.689. The summed E-state index contributed by atoms with van der Waals surface area (Å²) in [5, 5.41) is 0. The van der Waals surface area contributed by atoms with E-state index in [1.807, 2.05) is 18.2 Å². The molecule has 0 radical (unpaired) electrons. The Bertz CT molecular complexity index is 421. The molecule has 0 fully saturated rings. The Morgan fingerprint density at radius 1 is 1.29 bits per heavy atom. The molecule has 0 saturated heterocycles. The van der Waals surface area contributed by atoms with Crippen LogP contribution in [0, 0.1) is 0 Å². The molecule has 0 saturated carbocycles. The van der Waals surface area contributed by atoms with Crippen molar-refractivity contribution in [3.05, 3.63) is 36.8 Å². The predicted molar refractivity (Wildman–Crippen MR) is 55.1 cm³/mol. The zero-order chi connectivity index (χ0) is 9.97. The van der Waals surface area contributed by atoms with E-state index in [0.29, 0.717) is 5.69 Å². The lowest BCUT2D eigenvalue weighted by molar-refractivity contribution is 0.416. The molecular weight excluding hydrogens is 178 g/mol. The van der Waals surface area contributed by atoms with Crippen LogP contribution in [0.25, 0.3) is 11.1 Å². The van der Waals surface area contributed by atoms with Crippen molar-refractivity contribution in [1.29, 1.82) is 0 Å². The molecule has 0 spiro atoms. The van der Waals surface area contributed by atoms with Gasteiger partial charge in [-0.2, -0.15) is 0 Å². The normalized spacial score (nSPS) is 10.1. The largest absolute Gasteiger partial charge is 0.496 e. The third kappa shape index (κ3) is 1.44. The van der Waals surface area contributed by atoms with Gasteiger partial charge in [0, 0.05) is 22.9 Å². The van der Waals surface area contributed by atoms with Crippen molar-refractivity contribution in [2.75, 3.05) is 12.8 Å². The average Bonchev–Trinajstić information content (AvgIpc) is 2.70. The highest BCUT2D eigenvalue weighted by molar-refractivity contribution is 5.72. The first-order valence-electron chi connectivity index (χ1n) is 4.27. The van der Waals surface area contributed by atoms with Crippen LogP contribution in [0.5, 0.6) is 5.75 Å². The van der Waals surface area contributed by atoms with Crippen LogP contribution in [-0.2, 0) is 0 Å². The first kappa shape index (κ1) is 8.69. The number of hydrogen-bond donors (Lipinski definition) is 1. The molecule has 0 aliphatic carbocycles. The Morgan fingerprint density at radius 3 is 2.79 bits per heavy atom. The van der Waals surface area contributed by atoms with Crippen LogP contribution in [0.3, 0.4) is 0 Å². The maximum Gasteiger partial charge on any atom is 0.128 e. The molecule has 14 heavy (non-hydrogen) atoms. The highest BCUT2D eigenvalue weighted by Gasteiger charge is 2.06. The van der Waals surface area contributed by atoms with Crippen LogP contribution in [-0.4, -0.2) is 7.11 Å². The zero-order valence-corrected chi connectivity index (χ0v) is 7.86. The van der Waals surface area contributed by atoms with E-state index >= 15 is 0 Å². The Kier molecular flexibility index (Phi) is 2.14. The second kappa shape index (κ2) is 3.46. The van der Waals surface area contributed by atoms with Gasteiger partial charge in [0.15, 0.2) is 0 Å². The fraction of sp³-hybridized carbons (Fsp3) is 0.0909. The van der Waals surface area contributed by atoms with Gasteiger partial charge in [0.1, 0.15) is 5.75 Å². The van der Waals surface area contributed by atoms with Crippen LogP contribution in [0.15, 0.2) is 41.2 Å². The summed E-state index contributed by atoms with van der Waals surface area (Å²) in [6.45, 7) is 0. The summed E-state index contributed by atoms with van der Waals surface area (Å²) in [5.41, 5.74) is 8.31. The van der Waals surface area contributed by atoms with Crippen LogP contribution in [0.1, 0.15) is 0 Å². The summed E-state index contributed by atoms with van der Waals surface area (Å²) in [6, 6.07) is 7.43. The molecule has 1 heterocycles. The van der Waals surface area contributed by atoms with Gasteiger partial charge in [0.2, 0.25) is 0 Å². The second-order valence-electron chi connectivity index (χ2n) is 2.97. The van der Waals surface area contributed by atoms with Gasteiger partial charge >= 0.3 is 0 Å². The molecule has 2 rings (SSSR count). The van der Waals surface area contributed by atoms with Crippen LogP contribution in [0.2, 0.25) is 0 Å². The van der Waals surface area contributed by atoms with Gasteiger partial charge in [-0.15, -0.1) is 0 Å². The van der Waals surface area contributed by atoms with Gasteiger partial charge in [-0.1, -0.05) is 0 Å². The number of anilines is 1. The number of benzene rings is 1. The van der Waals surface area contributed by atoms with Gasteiger partial charge in [-0.05, 0) is 18.2 Å². The summed E-state index contributed by atoms with van der Waals surface area (Å²) in [6.07, 6.45) is 3.30. The monoisotopic (exact) mass is 189 g/mol. The molecule has 0 unspecified atom stereocenters. The topological polar surface area (TPSA) is 48.4 Å². The third-order valence-corrected chi connectivity index (χ3v) is 2.06. The van der Waals surface area contributed by atoms with Gasteiger partial charge in [0.25, 0.3) is 0 Å². The van der Waals surface area contributed by atoms with Crippen molar-refractivity contribution < 1.29 is 9.15 Å². The zero-order valence-electron chi connectivity index (χ0n) is 7.86. The second-order valence-corrected chi connectivity index (χ2v) is 2.97. The van der Waals surface area contributed by atoms with E-state index in [0.717, 1.165) is 16.9 Å². The SMILES string of the molecule is COc1cc(N)ccc1-c1ccoc1. The first-order valence-corrected chi connectivity index (χ1v) is 4.27. The Labute approximate surface area is 82.1 Å². The van der Waals surface area contributed by atoms with Crippen molar-refractivity contribution in [2.24, 2.45) is 0 Å². The number of hydrogen-bond acceptors (Lipinski definition) is 3. The number of furan rings is 1. The molecule has 1 aromatic heterocycles. The van der Waals surface area contributed by atoms with E-state index in [4.69, 9.17) is 14.9 Å². The van der Waals surface area contributed by atoms with Gasteiger partial charge in [-0.3, -0.25) is 0 Å². The van der Waals surface area contributed by atoms with E-state index < -0.39 is 0 Å². The molecular formula is C11H11NO2. The lowest BCUT2D eigenvalue weighted by Crippen LogP contribution is -1.90. The van der Waals surface area contributed by atoms with E-state index in [1.54, 1.807) is 25.7 Å². The molecule has 2 aromatic rings. The number of rotatable bonds is 2. The maximum absolute atomic E-state index is 5.65. The van der Waals surface area contributed by atoms with E-state index in [1.165, 1.54) is 0 Å². The molecule has 3 nitrogen and oxygen atoms in total. The van der Waals surface area contributed by atoms with Crippen LogP contribution in [0.4, 0.5) is 5.69 Å². The quantitative estimate of drug-likeness (QED) is 0.738. The van der Waals surface area contributed by atoms with E-state index in [-0.39, 0.29) is 0 Å². The summed E-state index contributed by atoms with van der Waals surface area (Å²) >= 11 is 0. The standard InChI is InChI=1S/C11H11NO2/c1-13-11-6-9(12)2-3-10(11)8-4-5-14-7-8/h2-7H,12H2,1H3. The van der Waals surface area contributed by atoms with Gasteiger partial charge in [-0.25, -0.2) is 0 Å². The molecule has 3 heteroatoms. The Balaban J connectivity index is 2.53. The van der Waals surface area contributed by atoms with Crippen molar-refractivity contribution in [1.82, 2.24) is 0 Å². The average molecular weight is 189 g/mol. The van der Waals surface area contributed by atoms with Gasteiger partial charge < -0.3 is 14.9 Å². The molecule has 72 valence electrons. The van der Waals surface area contributed by atoms with Crippen molar-refractivity contribution in [2.45, 2.75) is 0 Å². The molecule has 1 aromatic carbocycles. The molecule has 0 atom stereocenters. The summed E-state index contributed by atoms with van der Waals surface area (Å²) in [4.78, 5) is 0. The Hall–Kier alpha value is -1.90. The van der Waals surface area contributed by atoms with E-state index in [9.17, 15) is 0 Å². The fourth-order valence-electron chi connectivity index (χ4n) is 1.36. The molecule has 0 aliphatic rings. The van der Waals surface area contributed by atoms with Crippen molar-refractivity contribution in [3.63, 3.8) is 0 Å².